The summed E-state index contributed by atoms with van der Waals surface area (Å²) in [4.78, 5) is 11.7. The molecular formula is C16H27N3O. The highest BCUT2D eigenvalue weighted by atomic mass is 16.1. The maximum Gasteiger partial charge on any atom is 0.183 e. The molecule has 0 unspecified atom stereocenters. The van der Waals surface area contributed by atoms with E-state index in [9.17, 15) is 4.79 Å². The molecule has 0 aliphatic heterocycles. The Bertz CT molecular complexity index is 354. The maximum atomic E-state index is 11.7. The molecule has 0 saturated carbocycles. The molecule has 0 N–H and O–H groups in total. The van der Waals surface area contributed by atoms with Crippen LogP contribution >= 0.6 is 0 Å². The fraction of sp³-hybridized carbons (Fsp3) is 0.750. The summed E-state index contributed by atoms with van der Waals surface area (Å²) in [6, 6.07) is 1.63. The molecular weight excluding hydrogens is 250 g/mol. The highest BCUT2D eigenvalue weighted by molar-refractivity contribution is 5.93. The van der Waals surface area contributed by atoms with Gasteiger partial charge in [-0.1, -0.05) is 64.7 Å². The molecule has 1 aromatic heterocycles. The van der Waals surface area contributed by atoms with Gasteiger partial charge in [-0.15, -0.1) is 10.2 Å². The Morgan fingerprint density at radius 2 is 1.55 bits per heavy atom. The number of hydrogen-bond donors (Lipinski definition) is 0. The molecule has 0 saturated heterocycles. The van der Waals surface area contributed by atoms with Gasteiger partial charge in [0.15, 0.2) is 5.78 Å². The van der Waals surface area contributed by atoms with Crippen LogP contribution < -0.4 is 0 Å². The van der Waals surface area contributed by atoms with E-state index in [1.807, 2.05) is 0 Å². The van der Waals surface area contributed by atoms with Crippen molar-refractivity contribution in [2.75, 3.05) is 0 Å². The van der Waals surface area contributed by atoms with Crippen LogP contribution in [0.1, 0.15) is 88.0 Å². The Kier molecular flexibility index (Phi) is 9.62. The smallest absolute Gasteiger partial charge is 0.183 e. The SMILES string of the molecule is CCCCCCCCCCCCC(=O)c1ccnnn1. The normalized spacial score (nSPS) is 10.7. The van der Waals surface area contributed by atoms with Crippen LogP contribution in [0.4, 0.5) is 0 Å². The summed E-state index contributed by atoms with van der Waals surface area (Å²) in [5.41, 5.74) is 0.441. The minimum Gasteiger partial charge on any atom is -0.292 e. The van der Waals surface area contributed by atoms with E-state index >= 15 is 0 Å². The maximum absolute atomic E-state index is 11.7. The highest BCUT2D eigenvalue weighted by Crippen LogP contribution is 2.12. The lowest BCUT2D eigenvalue weighted by molar-refractivity contribution is 0.0973. The molecule has 0 atom stereocenters. The van der Waals surface area contributed by atoms with Crippen LogP contribution in [0.15, 0.2) is 12.3 Å². The van der Waals surface area contributed by atoms with Crippen LogP contribution in [-0.4, -0.2) is 21.2 Å². The topological polar surface area (TPSA) is 55.7 Å². The fourth-order valence-corrected chi connectivity index (χ4v) is 2.29. The molecule has 0 spiro atoms. The van der Waals surface area contributed by atoms with Crippen LogP contribution in [0.25, 0.3) is 0 Å². The van der Waals surface area contributed by atoms with Gasteiger partial charge in [0.25, 0.3) is 0 Å². The Morgan fingerprint density at radius 1 is 0.950 bits per heavy atom. The molecule has 4 nitrogen and oxygen atoms in total. The van der Waals surface area contributed by atoms with Crippen LogP contribution in [0.3, 0.4) is 0 Å². The van der Waals surface area contributed by atoms with Crippen LogP contribution in [0, 0.1) is 0 Å². The van der Waals surface area contributed by atoms with Crippen molar-refractivity contribution in [1.29, 1.82) is 0 Å². The summed E-state index contributed by atoms with van der Waals surface area (Å²) in [5.74, 6) is 0.0828. The number of Topliss-reactive ketones (excluding diaryl/α,β-unsaturated/α-hetero) is 1. The van der Waals surface area contributed by atoms with Gasteiger partial charge >= 0.3 is 0 Å². The van der Waals surface area contributed by atoms with Crippen molar-refractivity contribution < 1.29 is 4.79 Å². The zero-order valence-corrected chi connectivity index (χ0v) is 12.7. The molecule has 4 heteroatoms. The molecule has 0 aliphatic rings. The van der Waals surface area contributed by atoms with Crippen molar-refractivity contribution >= 4 is 5.78 Å². The molecule has 1 rings (SSSR count). The summed E-state index contributed by atoms with van der Waals surface area (Å²) >= 11 is 0. The van der Waals surface area contributed by atoms with E-state index in [0.29, 0.717) is 12.1 Å². The van der Waals surface area contributed by atoms with E-state index in [4.69, 9.17) is 0 Å². The summed E-state index contributed by atoms with van der Waals surface area (Å²) in [7, 11) is 0. The van der Waals surface area contributed by atoms with Gasteiger partial charge in [0.2, 0.25) is 0 Å². The fourth-order valence-electron chi connectivity index (χ4n) is 2.29. The molecule has 0 aromatic carbocycles. The first-order chi connectivity index (χ1) is 9.84. The van der Waals surface area contributed by atoms with Gasteiger partial charge < -0.3 is 0 Å². The Labute approximate surface area is 122 Å². The first-order valence-corrected chi connectivity index (χ1v) is 8.02. The van der Waals surface area contributed by atoms with Gasteiger partial charge in [0.1, 0.15) is 5.69 Å². The number of carbonyl (C=O) groups excluding carboxylic acids is 1. The zero-order chi connectivity index (χ0) is 14.5. The van der Waals surface area contributed by atoms with Gasteiger partial charge in [-0.05, 0) is 17.7 Å². The quantitative estimate of drug-likeness (QED) is 0.420. The third-order valence-corrected chi connectivity index (χ3v) is 3.55. The molecule has 1 aromatic rings. The van der Waals surface area contributed by atoms with E-state index in [-0.39, 0.29) is 5.78 Å². The summed E-state index contributed by atoms with van der Waals surface area (Å²) in [6.07, 6.45) is 14.9. The van der Waals surface area contributed by atoms with E-state index < -0.39 is 0 Å². The largest absolute Gasteiger partial charge is 0.292 e. The lowest BCUT2D eigenvalue weighted by atomic mass is 10.0. The first-order valence-electron chi connectivity index (χ1n) is 8.02. The number of aromatic nitrogens is 3. The number of hydrogen-bond acceptors (Lipinski definition) is 4. The summed E-state index contributed by atoms with van der Waals surface area (Å²) < 4.78 is 0. The van der Waals surface area contributed by atoms with E-state index in [2.05, 4.69) is 22.3 Å². The third-order valence-electron chi connectivity index (χ3n) is 3.55. The van der Waals surface area contributed by atoms with Gasteiger partial charge in [-0.2, -0.15) is 0 Å². The predicted molar refractivity (Wildman–Crippen MR) is 80.6 cm³/mol. The number of ketones is 1. The second-order valence-electron chi connectivity index (χ2n) is 5.36. The average molecular weight is 277 g/mol. The predicted octanol–water partition coefficient (Wildman–Crippen LogP) is 4.37. The third kappa shape index (κ3) is 7.97. The zero-order valence-electron chi connectivity index (χ0n) is 12.7. The van der Waals surface area contributed by atoms with Gasteiger partial charge in [-0.3, -0.25) is 4.79 Å². The van der Waals surface area contributed by atoms with Crippen LogP contribution in [-0.2, 0) is 0 Å². The monoisotopic (exact) mass is 277 g/mol. The second kappa shape index (κ2) is 11.5. The van der Waals surface area contributed by atoms with Gasteiger partial charge in [0, 0.05) is 6.42 Å². The molecule has 1 heterocycles. The van der Waals surface area contributed by atoms with Crippen molar-refractivity contribution in [3.05, 3.63) is 18.0 Å². The number of rotatable bonds is 12. The molecule has 20 heavy (non-hydrogen) atoms. The van der Waals surface area contributed by atoms with Crippen molar-refractivity contribution in [2.24, 2.45) is 0 Å². The standard InChI is InChI=1S/C16H27N3O/c1-2-3-4-5-6-7-8-9-10-11-12-16(20)15-13-14-17-19-18-15/h13-14H,2-12H2,1H3. The number of carbonyl (C=O) groups is 1. The molecule has 0 aliphatic carbocycles. The van der Waals surface area contributed by atoms with E-state index in [1.165, 1.54) is 57.6 Å². The molecule has 0 amide bonds. The van der Waals surface area contributed by atoms with Gasteiger partial charge in [0.05, 0.1) is 6.20 Å². The minimum absolute atomic E-state index is 0.0828. The van der Waals surface area contributed by atoms with Crippen molar-refractivity contribution in [1.82, 2.24) is 15.4 Å². The lowest BCUT2D eigenvalue weighted by Gasteiger charge is -2.02. The number of nitrogens with zero attached hydrogens (tertiary/aromatic N) is 3. The highest BCUT2D eigenvalue weighted by Gasteiger charge is 2.06. The summed E-state index contributed by atoms with van der Waals surface area (Å²) in [6.45, 7) is 2.25. The van der Waals surface area contributed by atoms with Crippen molar-refractivity contribution in [3.63, 3.8) is 0 Å². The average Bonchev–Trinajstić information content (AvgIpc) is 2.50. The van der Waals surface area contributed by atoms with Gasteiger partial charge in [-0.25, -0.2) is 0 Å². The Hall–Kier alpha value is -1.32. The molecule has 112 valence electrons. The Balaban J connectivity index is 1.91. The van der Waals surface area contributed by atoms with Crippen LogP contribution in [0.2, 0.25) is 0 Å². The number of unbranched alkanes of at least 4 members (excludes halogenated alkanes) is 9. The van der Waals surface area contributed by atoms with Crippen LogP contribution in [0.5, 0.6) is 0 Å². The van der Waals surface area contributed by atoms with Crippen molar-refractivity contribution in [2.45, 2.75) is 77.6 Å². The molecule has 0 bridgehead atoms. The first kappa shape index (κ1) is 16.7. The summed E-state index contributed by atoms with van der Waals surface area (Å²) in [5, 5.41) is 10.8. The van der Waals surface area contributed by atoms with Crippen molar-refractivity contribution in [3.8, 4) is 0 Å². The lowest BCUT2D eigenvalue weighted by Crippen LogP contribution is -2.03. The molecule has 0 radical (unpaired) electrons. The van der Waals surface area contributed by atoms with E-state index in [1.54, 1.807) is 6.07 Å². The minimum atomic E-state index is 0.0828. The van der Waals surface area contributed by atoms with E-state index in [0.717, 1.165) is 12.8 Å². The Morgan fingerprint density at radius 3 is 2.10 bits per heavy atom. The molecule has 0 fully saturated rings. The second-order valence-corrected chi connectivity index (χ2v) is 5.36.